The van der Waals surface area contributed by atoms with E-state index < -0.39 is 10.0 Å². The summed E-state index contributed by atoms with van der Waals surface area (Å²) in [7, 11) is -1.58. The molecule has 108 valence electrons. The van der Waals surface area contributed by atoms with Crippen LogP contribution in [0.4, 0.5) is 0 Å². The Balaban J connectivity index is 2.45. The molecule has 0 aromatic rings. The monoisotopic (exact) mass is 280 g/mol. The van der Waals surface area contributed by atoms with E-state index in [4.69, 9.17) is 9.84 Å². The van der Waals surface area contributed by atoms with Crippen LogP contribution in [-0.2, 0) is 14.8 Å². The molecule has 0 spiro atoms. The summed E-state index contributed by atoms with van der Waals surface area (Å²) < 4.78 is 30.6. The van der Waals surface area contributed by atoms with E-state index in [0.29, 0.717) is 39.2 Å². The van der Waals surface area contributed by atoms with E-state index >= 15 is 0 Å². The van der Waals surface area contributed by atoms with Crippen molar-refractivity contribution in [2.45, 2.75) is 12.8 Å². The van der Waals surface area contributed by atoms with Gasteiger partial charge in [-0.3, -0.25) is 4.90 Å². The summed E-state index contributed by atoms with van der Waals surface area (Å²) in [4.78, 5) is 2.10. The van der Waals surface area contributed by atoms with Gasteiger partial charge >= 0.3 is 0 Å². The minimum absolute atomic E-state index is 0.126. The van der Waals surface area contributed by atoms with Crippen LogP contribution in [0.5, 0.6) is 0 Å². The lowest BCUT2D eigenvalue weighted by molar-refractivity contribution is 0.198. The summed E-state index contributed by atoms with van der Waals surface area (Å²) in [6, 6.07) is 0. The van der Waals surface area contributed by atoms with Gasteiger partial charge in [0, 0.05) is 39.9 Å². The van der Waals surface area contributed by atoms with Gasteiger partial charge in [0.1, 0.15) is 0 Å². The highest BCUT2D eigenvalue weighted by atomic mass is 32.2. The molecular weight excluding hydrogens is 256 g/mol. The van der Waals surface area contributed by atoms with E-state index in [2.05, 4.69) is 4.90 Å². The number of hydrogen-bond acceptors (Lipinski definition) is 5. The van der Waals surface area contributed by atoms with E-state index in [-0.39, 0.29) is 12.4 Å². The third-order valence-corrected chi connectivity index (χ3v) is 5.06. The van der Waals surface area contributed by atoms with Crippen LogP contribution in [0.1, 0.15) is 12.8 Å². The molecule has 0 radical (unpaired) electrons. The van der Waals surface area contributed by atoms with Gasteiger partial charge < -0.3 is 9.84 Å². The SMILES string of the molecule is COCCCS(=O)(=O)N1CCCN(CCO)CC1. The quantitative estimate of drug-likeness (QED) is 0.628. The summed E-state index contributed by atoms with van der Waals surface area (Å²) in [5.74, 6) is 0.154. The van der Waals surface area contributed by atoms with Crippen LogP contribution in [0.15, 0.2) is 0 Å². The molecule has 0 aromatic carbocycles. The van der Waals surface area contributed by atoms with Gasteiger partial charge in [-0.1, -0.05) is 0 Å². The molecule has 1 aliphatic heterocycles. The maximum absolute atomic E-state index is 12.1. The molecule has 1 fully saturated rings. The fourth-order valence-corrected chi connectivity index (χ4v) is 3.61. The summed E-state index contributed by atoms with van der Waals surface area (Å²) in [6.07, 6.45) is 1.36. The van der Waals surface area contributed by atoms with Gasteiger partial charge in [-0.25, -0.2) is 12.7 Å². The number of aliphatic hydroxyl groups excluding tert-OH is 1. The predicted molar refractivity (Wildman–Crippen MR) is 70.0 cm³/mol. The molecular formula is C11H24N2O4S. The number of ether oxygens (including phenoxy) is 1. The number of methoxy groups -OCH3 is 1. The number of rotatable bonds is 7. The van der Waals surface area contributed by atoms with Crippen molar-refractivity contribution in [3.05, 3.63) is 0 Å². The molecule has 1 N–H and O–H groups in total. The summed E-state index contributed by atoms with van der Waals surface area (Å²) >= 11 is 0. The van der Waals surface area contributed by atoms with Gasteiger partial charge in [0.25, 0.3) is 0 Å². The van der Waals surface area contributed by atoms with Crippen molar-refractivity contribution in [3.8, 4) is 0 Å². The zero-order valence-electron chi connectivity index (χ0n) is 11.0. The average Bonchev–Trinajstić information content (AvgIpc) is 2.56. The maximum Gasteiger partial charge on any atom is 0.214 e. The first-order valence-corrected chi connectivity index (χ1v) is 8.01. The zero-order chi connectivity index (χ0) is 13.4. The third kappa shape index (κ3) is 5.19. The molecule has 1 rings (SSSR count). The first-order valence-electron chi connectivity index (χ1n) is 6.40. The topological polar surface area (TPSA) is 70.1 Å². The van der Waals surface area contributed by atoms with Crippen LogP contribution < -0.4 is 0 Å². The molecule has 0 bridgehead atoms. The fraction of sp³-hybridized carbons (Fsp3) is 1.00. The Labute approximate surface area is 110 Å². The van der Waals surface area contributed by atoms with Crippen LogP contribution in [-0.4, -0.2) is 81.5 Å². The van der Waals surface area contributed by atoms with Crippen LogP contribution in [0, 0.1) is 0 Å². The Morgan fingerprint density at radius 2 is 2.00 bits per heavy atom. The van der Waals surface area contributed by atoms with Crippen molar-refractivity contribution in [2.75, 3.05) is 58.8 Å². The van der Waals surface area contributed by atoms with Crippen LogP contribution in [0.2, 0.25) is 0 Å². The first kappa shape index (κ1) is 15.8. The van der Waals surface area contributed by atoms with Crippen molar-refractivity contribution in [1.29, 1.82) is 0 Å². The molecule has 0 saturated carbocycles. The molecule has 1 saturated heterocycles. The number of aliphatic hydroxyl groups is 1. The van der Waals surface area contributed by atoms with Gasteiger partial charge in [-0.2, -0.15) is 0 Å². The minimum Gasteiger partial charge on any atom is -0.395 e. The summed E-state index contributed by atoms with van der Waals surface area (Å²) in [6.45, 7) is 3.88. The van der Waals surface area contributed by atoms with E-state index in [1.54, 1.807) is 11.4 Å². The number of sulfonamides is 1. The van der Waals surface area contributed by atoms with Crippen molar-refractivity contribution in [2.24, 2.45) is 0 Å². The average molecular weight is 280 g/mol. The van der Waals surface area contributed by atoms with Gasteiger partial charge in [0.05, 0.1) is 12.4 Å². The van der Waals surface area contributed by atoms with E-state index in [1.807, 2.05) is 0 Å². The largest absolute Gasteiger partial charge is 0.395 e. The van der Waals surface area contributed by atoms with Crippen LogP contribution >= 0.6 is 0 Å². The van der Waals surface area contributed by atoms with Crippen LogP contribution in [0.3, 0.4) is 0 Å². The number of hydrogen-bond donors (Lipinski definition) is 1. The van der Waals surface area contributed by atoms with Gasteiger partial charge in [0.2, 0.25) is 10.0 Å². The third-order valence-electron chi connectivity index (χ3n) is 3.11. The molecule has 0 atom stereocenters. The van der Waals surface area contributed by atoms with E-state index in [0.717, 1.165) is 13.0 Å². The molecule has 0 amide bonds. The summed E-state index contributed by atoms with van der Waals surface area (Å²) in [5, 5.41) is 8.89. The number of β-amino-alcohol motifs (C(OH)–C–C–N with tert-alkyl or cyclic N) is 1. The molecule has 1 aliphatic rings. The van der Waals surface area contributed by atoms with Gasteiger partial charge in [0.15, 0.2) is 0 Å². The van der Waals surface area contributed by atoms with E-state index in [1.165, 1.54) is 0 Å². The zero-order valence-corrected chi connectivity index (χ0v) is 11.9. The van der Waals surface area contributed by atoms with Crippen molar-refractivity contribution < 1.29 is 18.3 Å². The van der Waals surface area contributed by atoms with E-state index in [9.17, 15) is 8.42 Å². The molecule has 0 aromatic heterocycles. The Kier molecular flexibility index (Phi) is 7.10. The van der Waals surface area contributed by atoms with Crippen LogP contribution in [0.25, 0.3) is 0 Å². The second-order valence-electron chi connectivity index (χ2n) is 4.48. The molecule has 18 heavy (non-hydrogen) atoms. The molecule has 0 unspecified atom stereocenters. The van der Waals surface area contributed by atoms with Gasteiger partial charge in [-0.15, -0.1) is 0 Å². The summed E-state index contributed by atoms with van der Waals surface area (Å²) in [5.41, 5.74) is 0. The Hall–Kier alpha value is -0.210. The van der Waals surface area contributed by atoms with Crippen molar-refractivity contribution in [3.63, 3.8) is 0 Å². The second-order valence-corrected chi connectivity index (χ2v) is 6.57. The standard InChI is InChI=1S/C11H24N2O4S/c1-17-10-3-11-18(15,16)13-5-2-4-12(6-7-13)8-9-14/h14H,2-11H2,1H3. The second kappa shape index (κ2) is 8.06. The lowest BCUT2D eigenvalue weighted by Crippen LogP contribution is -2.37. The van der Waals surface area contributed by atoms with Crippen molar-refractivity contribution in [1.82, 2.24) is 9.21 Å². The van der Waals surface area contributed by atoms with Crippen molar-refractivity contribution >= 4 is 10.0 Å². The first-order chi connectivity index (χ1) is 8.60. The molecule has 0 aliphatic carbocycles. The highest BCUT2D eigenvalue weighted by molar-refractivity contribution is 7.89. The predicted octanol–water partition coefficient (Wildman–Crippen LogP) is -0.647. The molecule has 6 nitrogen and oxygen atoms in total. The normalized spacial score (nSPS) is 19.9. The fourth-order valence-electron chi connectivity index (χ4n) is 2.11. The smallest absolute Gasteiger partial charge is 0.214 e. The Bertz CT molecular complexity index is 321. The maximum atomic E-state index is 12.1. The molecule has 7 heteroatoms. The Morgan fingerprint density at radius 3 is 2.67 bits per heavy atom. The number of nitrogens with zero attached hydrogens (tertiary/aromatic N) is 2. The lowest BCUT2D eigenvalue weighted by Gasteiger charge is -2.21. The lowest BCUT2D eigenvalue weighted by atomic mass is 10.4. The minimum atomic E-state index is -3.15. The molecule has 1 heterocycles. The Morgan fingerprint density at radius 1 is 1.22 bits per heavy atom. The highest BCUT2D eigenvalue weighted by Gasteiger charge is 2.24. The highest BCUT2D eigenvalue weighted by Crippen LogP contribution is 2.09. The van der Waals surface area contributed by atoms with Gasteiger partial charge in [-0.05, 0) is 19.4 Å².